The SMILES string of the molecule is O=C(Cn1cc(S(=O)(=O)CC(=O)N2CCc3ccccc32)c2ccccc21)N1CCOCC1. The highest BCUT2D eigenvalue weighted by atomic mass is 32.2. The molecule has 2 amide bonds. The Kier molecular flexibility index (Phi) is 5.67. The van der Waals surface area contributed by atoms with Crippen LogP contribution in [-0.2, 0) is 37.1 Å². The molecule has 9 heteroatoms. The topological polar surface area (TPSA) is 88.9 Å². The van der Waals surface area contributed by atoms with E-state index in [4.69, 9.17) is 4.74 Å². The Balaban J connectivity index is 1.42. The Morgan fingerprint density at radius 1 is 0.909 bits per heavy atom. The maximum Gasteiger partial charge on any atom is 0.242 e. The zero-order valence-electron chi connectivity index (χ0n) is 18.1. The largest absolute Gasteiger partial charge is 0.378 e. The number of morpholine rings is 1. The molecule has 0 saturated carbocycles. The maximum atomic E-state index is 13.4. The third-order valence-electron chi connectivity index (χ3n) is 6.26. The molecule has 0 bridgehead atoms. The molecule has 0 spiro atoms. The summed E-state index contributed by atoms with van der Waals surface area (Å²) >= 11 is 0. The lowest BCUT2D eigenvalue weighted by atomic mass is 10.2. The number of aromatic nitrogens is 1. The summed E-state index contributed by atoms with van der Waals surface area (Å²) in [6, 6.07) is 14.6. The first kappa shape index (κ1) is 21.7. The first-order valence-electron chi connectivity index (χ1n) is 11.0. The number of para-hydroxylation sites is 2. The van der Waals surface area contributed by atoms with Gasteiger partial charge in [0.25, 0.3) is 0 Å². The zero-order valence-corrected chi connectivity index (χ0v) is 19.0. The number of rotatable bonds is 5. The minimum absolute atomic E-state index is 0.0312. The van der Waals surface area contributed by atoms with Crippen molar-refractivity contribution in [2.45, 2.75) is 17.9 Å². The molecule has 33 heavy (non-hydrogen) atoms. The van der Waals surface area contributed by atoms with Gasteiger partial charge in [-0.2, -0.15) is 0 Å². The molecule has 1 saturated heterocycles. The van der Waals surface area contributed by atoms with Crippen LogP contribution in [0.2, 0.25) is 0 Å². The highest BCUT2D eigenvalue weighted by Crippen LogP contribution is 2.30. The third-order valence-corrected chi connectivity index (χ3v) is 7.88. The van der Waals surface area contributed by atoms with E-state index in [0.29, 0.717) is 50.2 Å². The van der Waals surface area contributed by atoms with Gasteiger partial charge in [0.15, 0.2) is 9.84 Å². The first-order valence-corrected chi connectivity index (χ1v) is 12.6. The Morgan fingerprint density at radius 2 is 1.64 bits per heavy atom. The van der Waals surface area contributed by atoms with Crippen LogP contribution >= 0.6 is 0 Å². The fourth-order valence-corrected chi connectivity index (χ4v) is 6.00. The molecule has 3 aromatic rings. The zero-order chi connectivity index (χ0) is 23.0. The van der Waals surface area contributed by atoms with Crippen LogP contribution in [0.5, 0.6) is 0 Å². The second-order valence-electron chi connectivity index (χ2n) is 8.31. The minimum Gasteiger partial charge on any atom is -0.378 e. The van der Waals surface area contributed by atoms with Gasteiger partial charge in [0.05, 0.1) is 18.1 Å². The van der Waals surface area contributed by atoms with Crippen LogP contribution in [0.15, 0.2) is 59.6 Å². The number of hydrogen-bond acceptors (Lipinski definition) is 5. The van der Waals surface area contributed by atoms with E-state index in [9.17, 15) is 18.0 Å². The molecule has 0 atom stereocenters. The molecular formula is C24H25N3O5S. The number of carbonyl (C=O) groups is 2. The number of amides is 2. The smallest absolute Gasteiger partial charge is 0.242 e. The van der Waals surface area contributed by atoms with Crippen molar-refractivity contribution in [2.75, 3.05) is 43.5 Å². The van der Waals surface area contributed by atoms with Crippen molar-refractivity contribution in [3.8, 4) is 0 Å². The summed E-state index contributed by atoms with van der Waals surface area (Å²) < 4.78 is 33.7. The fourth-order valence-electron chi connectivity index (χ4n) is 4.57. The normalized spacial score (nSPS) is 16.2. The second kappa shape index (κ2) is 8.64. The summed E-state index contributed by atoms with van der Waals surface area (Å²) in [6.07, 6.45) is 2.20. The van der Waals surface area contributed by atoms with E-state index in [2.05, 4.69) is 0 Å². The van der Waals surface area contributed by atoms with Gasteiger partial charge in [-0.3, -0.25) is 9.59 Å². The van der Waals surface area contributed by atoms with Gasteiger partial charge in [-0.05, 0) is 24.1 Å². The highest BCUT2D eigenvalue weighted by Gasteiger charge is 2.31. The molecule has 2 aliphatic heterocycles. The molecule has 3 heterocycles. The van der Waals surface area contributed by atoms with E-state index < -0.39 is 21.5 Å². The minimum atomic E-state index is -3.92. The Hall–Kier alpha value is -3.17. The van der Waals surface area contributed by atoms with Gasteiger partial charge < -0.3 is 19.1 Å². The summed E-state index contributed by atoms with van der Waals surface area (Å²) in [4.78, 5) is 29.1. The fraction of sp³-hybridized carbons (Fsp3) is 0.333. The molecule has 172 valence electrons. The summed E-state index contributed by atoms with van der Waals surface area (Å²) in [5, 5.41) is 0.516. The van der Waals surface area contributed by atoms with E-state index >= 15 is 0 Å². The van der Waals surface area contributed by atoms with Gasteiger partial charge >= 0.3 is 0 Å². The molecule has 0 radical (unpaired) electrons. The summed E-state index contributed by atoms with van der Waals surface area (Å²) in [6.45, 7) is 2.55. The van der Waals surface area contributed by atoms with Crippen molar-refractivity contribution in [3.63, 3.8) is 0 Å². The number of nitrogens with zero attached hydrogens (tertiary/aromatic N) is 3. The number of anilines is 1. The predicted molar refractivity (Wildman–Crippen MR) is 124 cm³/mol. The number of sulfone groups is 1. The van der Waals surface area contributed by atoms with E-state index in [1.54, 1.807) is 38.6 Å². The number of fused-ring (bicyclic) bond motifs is 2. The molecule has 2 aromatic carbocycles. The van der Waals surface area contributed by atoms with Crippen LogP contribution in [0.3, 0.4) is 0 Å². The van der Waals surface area contributed by atoms with E-state index in [1.165, 1.54) is 6.20 Å². The third kappa shape index (κ3) is 4.14. The van der Waals surface area contributed by atoms with Gasteiger partial charge in [0, 0.05) is 42.4 Å². The molecule has 2 aliphatic rings. The number of ether oxygens (including phenoxy) is 1. The van der Waals surface area contributed by atoms with E-state index in [0.717, 1.165) is 11.3 Å². The highest BCUT2D eigenvalue weighted by molar-refractivity contribution is 7.92. The Labute approximate surface area is 192 Å². The average Bonchev–Trinajstić information content (AvgIpc) is 3.42. The van der Waals surface area contributed by atoms with Gasteiger partial charge in [-0.15, -0.1) is 0 Å². The number of hydrogen-bond donors (Lipinski definition) is 0. The lowest BCUT2D eigenvalue weighted by molar-refractivity contribution is -0.135. The summed E-state index contributed by atoms with van der Waals surface area (Å²) in [5.41, 5.74) is 2.47. The van der Waals surface area contributed by atoms with Crippen molar-refractivity contribution < 1.29 is 22.7 Å². The van der Waals surface area contributed by atoms with Crippen LogP contribution in [0.1, 0.15) is 5.56 Å². The molecule has 0 unspecified atom stereocenters. The van der Waals surface area contributed by atoms with Gasteiger partial charge in [-0.1, -0.05) is 36.4 Å². The molecule has 1 aromatic heterocycles. The number of carbonyl (C=O) groups excluding carboxylic acids is 2. The standard InChI is InChI=1S/C24H25N3O5S/c28-23(25-11-13-32-14-12-25)16-26-15-22(19-6-2-4-8-21(19)26)33(30,31)17-24(29)27-10-9-18-5-1-3-7-20(18)27/h1-8,15H,9-14,16-17H2. The summed E-state index contributed by atoms with van der Waals surface area (Å²) in [7, 11) is -3.92. The van der Waals surface area contributed by atoms with Crippen LogP contribution in [0.25, 0.3) is 10.9 Å². The monoisotopic (exact) mass is 467 g/mol. The predicted octanol–water partition coefficient (Wildman–Crippen LogP) is 1.86. The van der Waals surface area contributed by atoms with Crippen LogP contribution in [0.4, 0.5) is 5.69 Å². The maximum absolute atomic E-state index is 13.4. The Morgan fingerprint density at radius 3 is 2.45 bits per heavy atom. The quantitative estimate of drug-likeness (QED) is 0.572. The second-order valence-corrected chi connectivity index (χ2v) is 10.3. The van der Waals surface area contributed by atoms with Gasteiger partial charge in [0.2, 0.25) is 11.8 Å². The van der Waals surface area contributed by atoms with Crippen molar-refractivity contribution in [1.82, 2.24) is 9.47 Å². The molecule has 0 N–H and O–H groups in total. The molecule has 5 rings (SSSR count). The van der Waals surface area contributed by atoms with E-state index in [-0.39, 0.29) is 17.3 Å². The van der Waals surface area contributed by atoms with Crippen LogP contribution < -0.4 is 4.90 Å². The number of benzene rings is 2. The van der Waals surface area contributed by atoms with Crippen molar-refractivity contribution >= 4 is 38.2 Å². The first-order chi connectivity index (χ1) is 15.9. The Bertz CT molecular complexity index is 1320. The van der Waals surface area contributed by atoms with Crippen molar-refractivity contribution in [1.29, 1.82) is 0 Å². The lowest BCUT2D eigenvalue weighted by Crippen LogP contribution is -2.42. The summed E-state index contributed by atoms with van der Waals surface area (Å²) in [5.74, 6) is -1.15. The average molecular weight is 468 g/mol. The van der Waals surface area contributed by atoms with Gasteiger partial charge in [0.1, 0.15) is 12.3 Å². The lowest BCUT2D eigenvalue weighted by Gasteiger charge is -2.27. The van der Waals surface area contributed by atoms with Crippen LogP contribution in [0, 0.1) is 0 Å². The van der Waals surface area contributed by atoms with Crippen LogP contribution in [-0.4, -0.2) is 68.3 Å². The molecular weight excluding hydrogens is 442 g/mol. The van der Waals surface area contributed by atoms with Gasteiger partial charge in [-0.25, -0.2) is 8.42 Å². The molecule has 8 nitrogen and oxygen atoms in total. The van der Waals surface area contributed by atoms with Crippen molar-refractivity contribution in [3.05, 3.63) is 60.3 Å². The van der Waals surface area contributed by atoms with Crippen molar-refractivity contribution in [2.24, 2.45) is 0 Å². The molecule has 1 fully saturated rings. The molecule has 0 aliphatic carbocycles. The van der Waals surface area contributed by atoms with E-state index in [1.807, 2.05) is 24.3 Å².